The lowest BCUT2D eigenvalue weighted by Crippen LogP contribution is -2.45. The zero-order chi connectivity index (χ0) is 19.4. The van der Waals surface area contributed by atoms with Crippen LogP contribution in [-0.2, 0) is 23.8 Å². The minimum Gasteiger partial charge on any atom is -0.509 e. The molecule has 0 aromatic rings. The molecule has 0 aliphatic carbocycles. The van der Waals surface area contributed by atoms with Crippen LogP contribution in [0, 0.1) is 0 Å². The number of hydrogen-bond donors (Lipinski definition) is 2. The summed E-state index contributed by atoms with van der Waals surface area (Å²) in [5.41, 5.74) is -1.36. The Labute approximate surface area is 151 Å². The van der Waals surface area contributed by atoms with Gasteiger partial charge in [0, 0.05) is 13.8 Å². The Bertz CT molecular complexity index is 556. The highest BCUT2D eigenvalue weighted by atomic mass is 32.2. The molecule has 0 spiro atoms. The highest BCUT2D eigenvalue weighted by Gasteiger charge is 2.42. The third-order valence-corrected chi connectivity index (χ3v) is 3.62. The molecule has 0 radical (unpaired) electrons. The molecule has 1 saturated heterocycles. The average molecular weight is 375 g/mol. The summed E-state index contributed by atoms with van der Waals surface area (Å²) in [6.45, 7) is 7.89. The first-order chi connectivity index (χ1) is 11.4. The van der Waals surface area contributed by atoms with E-state index >= 15 is 0 Å². The van der Waals surface area contributed by atoms with Crippen molar-refractivity contribution in [3.63, 3.8) is 0 Å². The molecule has 1 rings (SSSR count). The number of esters is 2. The second-order valence-corrected chi connectivity index (χ2v) is 7.90. The van der Waals surface area contributed by atoms with Crippen molar-refractivity contribution in [3.8, 4) is 0 Å². The molecule has 25 heavy (non-hydrogen) atoms. The Morgan fingerprint density at radius 3 is 2.24 bits per heavy atom. The molecule has 1 aliphatic heterocycles. The fourth-order valence-corrected chi connectivity index (χ4v) is 2.47. The number of aliphatic hydroxyl groups excluding tert-OH is 1. The van der Waals surface area contributed by atoms with Crippen LogP contribution in [0.4, 0.5) is 4.79 Å². The van der Waals surface area contributed by atoms with Crippen LogP contribution < -0.4 is 5.32 Å². The molecule has 1 amide bonds. The predicted molar refractivity (Wildman–Crippen MR) is 92.1 cm³/mol. The number of amides is 1. The maximum absolute atomic E-state index is 12.1. The SMILES string of the molecule is CSCCC(NC(=O)OC(C)(C)C)C(O)=C1C(=O)OC(C)(C)OC1=O. The minimum absolute atomic E-state index is 0.277. The predicted octanol–water partition coefficient (Wildman–Crippen LogP) is 2.28. The Balaban J connectivity index is 3.06. The van der Waals surface area contributed by atoms with Crippen molar-refractivity contribution < 1.29 is 33.7 Å². The van der Waals surface area contributed by atoms with Gasteiger partial charge in [-0.15, -0.1) is 0 Å². The van der Waals surface area contributed by atoms with Crippen molar-refractivity contribution in [3.05, 3.63) is 11.3 Å². The van der Waals surface area contributed by atoms with Crippen LogP contribution in [0.3, 0.4) is 0 Å². The van der Waals surface area contributed by atoms with Crippen LogP contribution in [0.2, 0.25) is 0 Å². The van der Waals surface area contributed by atoms with E-state index in [0.29, 0.717) is 5.75 Å². The van der Waals surface area contributed by atoms with E-state index < -0.39 is 46.8 Å². The standard InChI is InChI=1S/C16H25NO7S/c1-15(2,3)24-14(21)17-9(7-8-25-6)11(18)10-12(19)22-16(4,5)23-13(10)20/h9,18H,7-8H2,1-6H3,(H,17,21). The van der Waals surface area contributed by atoms with E-state index in [4.69, 9.17) is 14.2 Å². The number of rotatable bonds is 5. The molecule has 1 aliphatic rings. The van der Waals surface area contributed by atoms with Gasteiger partial charge in [0.2, 0.25) is 0 Å². The quantitative estimate of drug-likeness (QED) is 0.326. The van der Waals surface area contributed by atoms with Crippen LogP contribution in [0.25, 0.3) is 0 Å². The number of nitrogens with one attached hydrogen (secondary N) is 1. The van der Waals surface area contributed by atoms with Gasteiger partial charge in [-0.05, 0) is 39.2 Å². The van der Waals surface area contributed by atoms with Crippen molar-refractivity contribution in [2.75, 3.05) is 12.0 Å². The zero-order valence-electron chi connectivity index (χ0n) is 15.3. The van der Waals surface area contributed by atoms with Gasteiger partial charge < -0.3 is 24.6 Å². The van der Waals surface area contributed by atoms with Gasteiger partial charge in [-0.1, -0.05) is 0 Å². The number of cyclic esters (lactones) is 2. The molecule has 1 atom stereocenters. The first-order valence-corrected chi connectivity index (χ1v) is 9.14. The summed E-state index contributed by atoms with van der Waals surface area (Å²) in [6.07, 6.45) is 1.35. The van der Waals surface area contributed by atoms with Gasteiger partial charge in [0.25, 0.3) is 5.79 Å². The largest absolute Gasteiger partial charge is 0.509 e. The van der Waals surface area contributed by atoms with Gasteiger partial charge in [0.05, 0.1) is 6.04 Å². The molecular weight excluding hydrogens is 350 g/mol. The highest BCUT2D eigenvalue weighted by Crippen LogP contribution is 2.26. The average Bonchev–Trinajstić information content (AvgIpc) is 2.38. The number of carbonyl (C=O) groups is 3. The molecule has 0 aromatic heterocycles. The van der Waals surface area contributed by atoms with Gasteiger partial charge >= 0.3 is 18.0 Å². The number of hydrogen-bond acceptors (Lipinski definition) is 8. The lowest BCUT2D eigenvalue weighted by molar-refractivity contribution is -0.222. The third-order valence-electron chi connectivity index (χ3n) is 2.97. The molecule has 1 fully saturated rings. The minimum atomic E-state index is -1.41. The summed E-state index contributed by atoms with van der Waals surface area (Å²) >= 11 is 1.48. The summed E-state index contributed by atoms with van der Waals surface area (Å²) in [7, 11) is 0. The van der Waals surface area contributed by atoms with Crippen LogP contribution in [0.1, 0.15) is 41.0 Å². The van der Waals surface area contributed by atoms with Crippen molar-refractivity contribution >= 4 is 29.8 Å². The molecule has 0 aromatic carbocycles. The monoisotopic (exact) mass is 375 g/mol. The summed E-state index contributed by atoms with van der Waals surface area (Å²) < 4.78 is 15.1. The Morgan fingerprint density at radius 2 is 1.80 bits per heavy atom. The van der Waals surface area contributed by atoms with Crippen molar-refractivity contribution in [2.24, 2.45) is 0 Å². The summed E-state index contributed by atoms with van der Waals surface area (Å²) in [4.78, 5) is 36.1. The van der Waals surface area contributed by atoms with Gasteiger partial charge in [0.1, 0.15) is 11.4 Å². The number of alkyl carbamates (subject to hydrolysis) is 1. The van der Waals surface area contributed by atoms with Crippen molar-refractivity contribution in [1.29, 1.82) is 0 Å². The lowest BCUT2D eigenvalue weighted by Gasteiger charge is -2.31. The maximum atomic E-state index is 12.1. The molecule has 142 valence electrons. The first-order valence-electron chi connectivity index (χ1n) is 7.74. The fourth-order valence-electron chi connectivity index (χ4n) is 2.00. The van der Waals surface area contributed by atoms with Gasteiger partial charge in [-0.2, -0.15) is 11.8 Å². The number of thioether (sulfide) groups is 1. The van der Waals surface area contributed by atoms with Crippen LogP contribution in [0.15, 0.2) is 11.3 Å². The van der Waals surface area contributed by atoms with E-state index in [2.05, 4.69) is 5.32 Å². The number of ether oxygens (including phenoxy) is 3. The van der Waals surface area contributed by atoms with Gasteiger partial charge in [-0.3, -0.25) is 0 Å². The van der Waals surface area contributed by atoms with Crippen molar-refractivity contribution in [1.82, 2.24) is 5.32 Å². The van der Waals surface area contributed by atoms with Gasteiger partial charge in [-0.25, -0.2) is 14.4 Å². The van der Waals surface area contributed by atoms with Crippen LogP contribution in [-0.4, -0.2) is 52.6 Å². The van der Waals surface area contributed by atoms with E-state index in [-0.39, 0.29) is 6.42 Å². The summed E-state index contributed by atoms with van der Waals surface area (Å²) in [6, 6.07) is -0.987. The second-order valence-electron chi connectivity index (χ2n) is 6.92. The number of carbonyl (C=O) groups excluding carboxylic acids is 3. The Morgan fingerprint density at radius 1 is 1.28 bits per heavy atom. The molecule has 8 nitrogen and oxygen atoms in total. The molecule has 0 saturated carbocycles. The van der Waals surface area contributed by atoms with E-state index in [1.165, 1.54) is 25.6 Å². The highest BCUT2D eigenvalue weighted by molar-refractivity contribution is 7.98. The van der Waals surface area contributed by atoms with Crippen LogP contribution in [0.5, 0.6) is 0 Å². The maximum Gasteiger partial charge on any atom is 0.408 e. The van der Waals surface area contributed by atoms with E-state index in [1.54, 1.807) is 20.8 Å². The second kappa shape index (κ2) is 7.99. The van der Waals surface area contributed by atoms with E-state index in [9.17, 15) is 19.5 Å². The lowest BCUT2D eigenvalue weighted by atomic mass is 10.1. The molecule has 1 heterocycles. The third kappa shape index (κ3) is 6.49. The summed E-state index contributed by atoms with van der Waals surface area (Å²) in [5.74, 6) is -3.46. The zero-order valence-corrected chi connectivity index (χ0v) is 16.1. The van der Waals surface area contributed by atoms with Gasteiger partial charge in [0.15, 0.2) is 5.57 Å². The molecule has 2 N–H and O–H groups in total. The van der Waals surface area contributed by atoms with E-state index in [1.807, 2.05) is 6.26 Å². The van der Waals surface area contributed by atoms with Crippen LogP contribution >= 0.6 is 11.8 Å². The topological polar surface area (TPSA) is 111 Å². The van der Waals surface area contributed by atoms with Crippen molar-refractivity contribution in [2.45, 2.75) is 58.5 Å². The first kappa shape index (κ1) is 21.1. The number of aliphatic hydroxyl groups is 1. The Hall–Kier alpha value is -1.90. The fraction of sp³-hybridized carbons (Fsp3) is 0.688. The Kier molecular flexibility index (Phi) is 6.75. The molecule has 1 unspecified atom stereocenters. The normalized spacial score (nSPS) is 18.1. The summed E-state index contributed by atoms with van der Waals surface area (Å²) in [5, 5.41) is 12.9. The van der Waals surface area contributed by atoms with E-state index in [0.717, 1.165) is 0 Å². The molecule has 9 heteroatoms. The molecule has 0 bridgehead atoms. The smallest absolute Gasteiger partial charge is 0.408 e. The molecular formula is C16H25NO7S.